The summed E-state index contributed by atoms with van der Waals surface area (Å²) in [6, 6.07) is 7.98. The van der Waals surface area contributed by atoms with Gasteiger partial charge in [-0.3, -0.25) is 4.79 Å². The molecule has 88 valence electrons. The third-order valence-electron chi connectivity index (χ3n) is 3.24. The first-order valence-corrected chi connectivity index (χ1v) is 6.31. The first-order valence-electron chi connectivity index (χ1n) is 5.52. The molecule has 1 amide bonds. The normalized spacial score (nSPS) is 23.9. The van der Waals surface area contributed by atoms with Crippen LogP contribution in [0.3, 0.4) is 0 Å². The number of aryl methyl sites for hydroxylation is 1. The largest absolute Gasteiger partial charge is 0.308 e. The maximum atomic E-state index is 12.0. The molecule has 17 heavy (non-hydrogen) atoms. The predicted molar refractivity (Wildman–Crippen MR) is 69.5 cm³/mol. The summed E-state index contributed by atoms with van der Waals surface area (Å²) < 4.78 is 0.995. The van der Waals surface area contributed by atoms with E-state index < -0.39 is 0 Å². The zero-order chi connectivity index (χ0) is 12.6. The fourth-order valence-electron chi connectivity index (χ4n) is 2.26. The van der Waals surface area contributed by atoms with Crippen molar-refractivity contribution in [2.45, 2.75) is 26.3 Å². The zero-order valence-electron chi connectivity index (χ0n) is 9.77. The van der Waals surface area contributed by atoms with Gasteiger partial charge >= 0.3 is 0 Å². The van der Waals surface area contributed by atoms with Crippen molar-refractivity contribution in [2.24, 2.45) is 5.92 Å². The summed E-state index contributed by atoms with van der Waals surface area (Å²) in [6.45, 7) is 3.90. The summed E-state index contributed by atoms with van der Waals surface area (Å²) in [5.74, 6) is -0.167. The minimum Gasteiger partial charge on any atom is -0.308 e. The van der Waals surface area contributed by atoms with Gasteiger partial charge in [-0.25, -0.2) is 0 Å². The van der Waals surface area contributed by atoms with Crippen LogP contribution in [-0.2, 0) is 4.79 Å². The molecule has 2 unspecified atom stereocenters. The Labute approximate surface area is 109 Å². The molecular formula is C13H13BrN2O. The van der Waals surface area contributed by atoms with E-state index in [1.54, 1.807) is 4.90 Å². The van der Waals surface area contributed by atoms with Crippen LogP contribution in [0.1, 0.15) is 18.9 Å². The number of hydrogen-bond donors (Lipinski definition) is 0. The van der Waals surface area contributed by atoms with Gasteiger partial charge < -0.3 is 4.90 Å². The number of nitriles is 1. The van der Waals surface area contributed by atoms with E-state index in [0.717, 1.165) is 15.7 Å². The minimum absolute atomic E-state index is 0.0365. The number of amides is 1. The summed E-state index contributed by atoms with van der Waals surface area (Å²) in [5, 5.41) is 9.00. The van der Waals surface area contributed by atoms with Gasteiger partial charge in [0.15, 0.2) is 0 Å². The molecule has 0 spiro atoms. The van der Waals surface area contributed by atoms with E-state index >= 15 is 0 Å². The lowest BCUT2D eigenvalue weighted by Gasteiger charge is -2.24. The lowest BCUT2D eigenvalue weighted by Crippen LogP contribution is -2.33. The molecule has 1 aliphatic heterocycles. The highest BCUT2D eigenvalue weighted by molar-refractivity contribution is 9.10. The summed E-state index contributed by atoms with van der Waals surface area (Å²) in [4.78, 5) is 13.7. The van der Waals surface area contributed by atoms with Crippen LogP contribution in [0.25, 0.3) is 0 Å². The van der Waals surface area contributed by atoms with Crippen LogP contribution in [-0.4, -0.2) is 11.9 Å². The maximum absolute atomic E-state index is 12.0. The van der Waals surface area contributed by atoms with Crippen LogP contribution < -0.4 is 4.90 Å². The second-order valence-corrected chi connectivity index (χ2v) is 5.29. The average molecular weight is 293 g/mol. The number of carbonyl (C=O) groups is 1. The van der Waals surface area contributed by atoms with Crippen LogP contribution in [0.4, 0.5) is 5.69 Å². The van der Waals surface area contributed by atoms with Gasteiger partial charge in [0.25, 0.3) is 0 Å². The lowest BCUT2D eigenvalue weighted by molar-refractivity contribution is -0.117. The third kappa shape index (κ3) is 2.07. The Kier molecular flexibility index (Phi) is 3.21. The van der Waals surface area contributed by atoms with E-state index in [4.69, 9.17) is 5.26 Å². The van der Waals surface area contributed by atoms with Crippen molar-refractivity contribution < 1.29 is 4.79 Å². The van der Waals surface area contributed by atoms with Crippen molar-refractivity contribution in [3.8, 4) is 6.07 Å². The van der Waals surface area contributed by atoms with Crippen LogP contribution in [0, 0.1) is 24.2 Å². The Bertz CT molecular complexity index is 507. The Balaban J connectivity index is 2.41. The highest BCUT2D eigenvalue weighted by atomic mass is 79.9. The first kappa shape index (κ1) is 12.1. The molecule has 1 fully saturated rings. The zero-order valence-corrected chi connectivity index (χ0v) is 11.4. The molecule has 0 radical (unpaired) electrons. The van der Waals surface area contributed by atoms with Gasteiger partial charge in [0.2, 0.25) is 5.91 Å². The Morgan fingerprint density at radius 2 is 2.24 bits per heavy atom. The molecule has 0 aromatic heterocycles. The van der Waals surface area contributed by atoms with Gasteiger partial charge in [0.05, 0.1) is 18.0 Å². The first-order chi connectivity index (χ1) is 8.04. The smallest absolute Gasteiger partial charge is 0.228 e. The number of rotatable bonds is 1. The molecule has 1 saturated heterocycles. The second-order valence-electron chi connectivity index (χ2n) is 4.37. The van der Waals surface area contributed by atoms with Gasteiger partial charge in [-0.2, -0.15) is 5.26 Å². The van der Waals surface area contributed by atoms with E-state index in [9.17, 15) is 4.79 Å². The van der Waals surface area contributed by atoms with Crippen molar-refractivity contribution >= 4 is 27.5 Å². The lowest BCUT2D eigenvalue weighted by atomic mass is 10.0. The van der Waals surface area contributed by atoms with E-state index in [0.29, 0.717) is 6.42 Å². The number of carbonyl (C=O) groups excluding carboxylic acids is 1. The predicted octanol–water partition coefficient (Wildman–Crippen LogP) is 3.02. The van der Waals surface area contributed by atoms with Gasteiger partial charge in [-0.1, -0.05) is 15.9 Å². The molecule has 2 atom stereocenters. The number of nitrogens with zero attached hydrogens (tertiary/aromatic N) is 2. The van der Waals surface area contributed by atoms with Crippen LogP contribution in [0.5, 0.6) is 0 Å². The highest BCUT2D eigenvalue weighted by Gasteiger charge is 2.38. The Morgan fingerprint density at radius 1 is 1.53 bits per heavy atom. The second kappa shape index (κ2) is 4.50. The van der Waals surface area contributed by atoms with E-state index in [1.807, 2.05) is 32.0 Å². The minimum atomic E-state index is -0.203. The fraction of sp³-hybridized carbons (Fsp3) is 0.385. The fourth-order valence-corrected chi connectivity index (χ4v) is 2.74. The van der Waals surface area contributed by atoms with Crippen LogP contribution in [0.15, 0.2) is 22.7 Å². The summed E-state index contributed by atoms with van der Waals surface area (Å²) in [5.41, 5.74) is 1.95. The molecule has 1 aliphatic rings. The summed E-state index contributed by atoms with van der Waals surface area (Å²) in [6.07, 6.45) is 0.327. The molecule has 0 N–H and O–H groups in total. The van der Waals surface area contributed by atoms with Gasteiger partial charge in [-0.05, 0) is 37.6 Å². The van der Waals surface area contributed by atoms with Crippen molar-refractivity contribution in [2.75, 3.05) is 4.90 Å². The van der Waals surface area contributed by atoms with Crippen molar-refractivity contribution in [1.82, 2.24) is 0 Å². The summed E-state index contributed by atoms with van der Waals surface area (Å²) >= 11 is 3.40. The molecular weight excluding hydrogens is 280 g/mol. The highest BCUT2D eigenvalue weighted by Crippen LogP contribution is 2.33. The molecule has 0 bridgehead atoms. The van der Waals surface area contributed by atoms with Gasteiger partial charge in [0.1, 0.15) is 0 Å². The maximum Gasteiger partial charge on any atom is 0.228 e. The number of benzene rings is 1. The molecule has 4 heteroatoms. The molecule has 2 rings (SSSR count). The Hall–Kier alpha value is -1.34. The molecule has 3 nitrogen and oxygen atoms in total. The third-order valence-corrected chi connectivity index (χ3v) is 3.73. The Morgan fingerprint density at radius 3 is 2.76 bits per heavy atom. The van der Waals surface area contributed by atoms with Gasteiger partial charge in [0, 0.05) is 16.6 Å². The molecule has 0 aliphatic carbocycles. The topological polar surface area (TPSA) is 44.1 Å². The molecule has 1 heterocycles. The van der Waals surface area contributed by atoms with Crippen LogP contribution in [0.2, 0.25) is 0 Å². The van der Waals surface area contributed by atoms with E-state index in [2.05, 4.69) is 22.0 Å². The monoisotopic (exact) mass is 292 g/mol. The average Bonchev–Trinajstić information content (AvgIpc) is 2.55. The van der Waals surface area contributed by atoms with E-state index in [1.165, 1.54) is 0 Å². The standard InChI is InChI=1S/C13H13BrN2O/c1-8-5-11(14)3-4-12(8)16-9(2)10(7-15)6-13(16)17/h3-5,9-10H,6H2,1-2H3. The molecule has 1 aromatic rings. The quantitative estimate of drug-likeness (QED) is 0.799. The van der Waals surface area contributed by atoms with E-state index in [-0.39, 0.29) is 17.9 Å². The van der Waals surface area contributed by atoms with Crippen molar-refractivity contribution in [3.05, 3.63) is 28.2 Å². The SMILES string of the molecule is Cc1cc(Br)ccc1N1C(=O)CC(C#N)C1C. The van der Waals surface area contributed by atoms with Crippen LogP contribution >= 0.6 is 15.9 Å². The summed E-state index contributed by atoms with van der Waals surface area (Å²) in [7, 11) is 0. The van der Waals surface area contributed by atoms with Crippen molar-refractivity contribution in [1.29, 1.82) is 5.26 Å². The molecule has 0 saturated carbocycles. The number of hydrogen-bond acceptors (Lipinski definition) is 2. The van der Waals surface area contributed by atoms with Gasteiger partial charge in [-0.15, -0.1) is 0 Å². The molecule has 1 aromatic carbocycles. The van der Waals surface area contributed by atoms with Crippen molar-refractivity contribution in [3.63, 3.8) is 0 Å². The number of anilines is 1. The number of halogens is 1.